The third-order valence-corrected chi connectivity index (χ3v) is 5.41. The number of aryl methyl sites for hydroxylation is 2. The van der Waals surface area contributed by atoms with Gasteiger partial charge in [0.25, 0.3) is 5.69 Å². The van der Waals surface area contributed by atoms with Gasteiger partial charge in [-0.3, -0.25) is 19.3 Å². The van der Waals surface area contributed by atoms with E-state index in [0.29, 0.717) is 21.9 Å². The van der Waals surface area contributed by atoms with Gasteiger partial charge in [0.2, 0.25) is 0 Å². The second-order valence-corrected chi connectivity index (χ2v) is 7.44. The zero-order chi connectivity index (χ0) is 19.1. The van der Waals surface area contributed by atoms with Crippen LogP contribution in [0.25, 0.3) is 27.5 Å². The third-order valence-electron chi connectivity index (χ3n) is 4.45. The van der Waals surface area contributed by atoms with Crippen LogP contribution < -0.4 is 0 Å². The number of imidazole rings is 1. The Morgan fingerprint density at radius 2 is 1.85 bits per heavy atom. The standard InChI is InChI=1S/C20H15N3O3S/c1-12-6-8-14(9-7-12)19-13(2)27-20-21-18(17(11-24)22(19)20)15-4-3-5-16(10-15)23(25)26/h3-11H,1-2H3. The van der Waals surface area contributed by atoms with Crippen molar-refractivity contribution in [2.45, 2.75) is 13.8 Å². The molecule has 0 aliphatic heterocycles. The summed E-state index contributed by atoms with van der Waals surface area (Å²) in [7, 11) is 0. The summed E-state index contributed by atoms with van der Waals surface area (Å²) in [6.07, 6.45) is 0.762. The molecule has 0 spiro atoms. The molecule has 0 unspecified atom stereocenters. The maximum Gasteiger partial charge on any atom is 0.270 e. The Bertz CT molecular complexity index is 1190. The Labute approximate surface area is 158 Å². The Balaban J connectivity index is 1.98. The van der Waals surface area contributed by atoms with Crippen molar-refractivity contribution in [3.8, 4) is 22.5 Å². The molecule has 0 bridgehead atoms. The fourth-order valence-corrected chi connectivity index (χ4v) is 4.17. The lowest BCUT2D eigenvalue weighted by Crippen LogP contribution is -1.96. The highest BCUT2D eigenvalue weighted by atomic mass is 32.1. The summed E-state index contributed by atoms with van der Waals surface area (Å²) in [5, 5.41) is 11.1. The van der Waals surface area contributed by atoms with Crippen molar-refractivity contribution in [1.29, 1.82) is 0 Å². The zero-order valence-corrected chi connectivity index (χ0v) is 15.5. The molecule has 0 saturated heterocycles. The van der Waals surface area contributed by atoms with Gasteiger partial charge in [-0.2, -0.15) is 0 Å². The maximum absolute atomic E-state index is 12.0. The van der Waals surface area contributed by atoms with Gasteiger partial charge in [-0.05, 0) is 19.4 Å². The van der Waals surface area contributed by atoms with E-state index >= 15 is 0 Å². The first-order valence-corrected chi connectivity index (χ1v) is 9.10. The van der Waals surface area contributed by atoms with Crippen molar-refractivity contribution in [3.05, 3.63) is 74.8 Å². The fraction of sp³-hybridized carbons (Fsp3) is 0.100. The van der Waals surface area contributed by atoms with Gasteiger partial charge in [0, 0.05) is 22.6 Å². The molecule has 6 nitrogen and oxygen atoms in total. The first kappa shape index (κ1) is 17.1. The SMILES string of the molecule is Cc1ccc(-c2c(C)sc3nc(-c4cccc([N+](=O)[O-])c4)c(C=O)n23)cc1. The number of benzene rings is 2. The summed E-state index contributed by atoms with van der Waals surface area (Å²) in [5.74, 6) is 0. The van der Waals surface area contributed by atoms with Crippen molar-refractivity contribution < 1.29 is 9.72 Å². The van der Waals surface area contributed by atoms with Gasteiger partial charge in [-0.15, -0.1) is 11.3 Å². The summed E-state index contributed by atoms with van der Waals surface area (Å²) in [6, 6.07) is 14.3. The van der Waals surface area contributed by atoms with Crippen LogP contribution in [0.4, 0.5) is 5.69 Å². The van der Waals surface area contributed by atoms with Gasteiger partial charge in [0.05, 0.1) is 10.6 Å². The minimum absolute atomic E-state index is 0.0318. The number of nitro groups is 1. The molecule has 2 aromatic heterocycles. The number of hydrogen-bond acceptors (Lipinski definition) is 5. The number of carbonyl (C=O) groups excluding carboxylic acids is 1. The first-order chi connectivity index (χ1) is 13.0. The van der Waals surface area contributed by atoms with Crippen LogP contribution >= 0.6 is 11.3 Å². The first-order valence-electron chi connectivity index (χ1n) is 8.28. The van der Waals surface area contributed by atoms with Gasteiger partial charge in [0.1, 0.15) is 11.4 Å². The van der Waals surface area contributed by atoms with E-state index in [4.69, 9.17) is 0 Å². The van der Waals surface area contributed by atoms with Crippen LogP contribution in [0.1, 0.15) is 20.9 Å². The normalized spacial score (nSPS) is 11.0. The van der Waals surface area contributed by atoms with Gasteiger partial charge in [0.15, 0.2) is 11.2 Å². The average molecular weight is 377 g/mol. The topological polar surface area (TPSA) is 77.5 Å². The molecule has 0 amide bonds. The van der Waals surface area contributed by atoms with Gasteiger partial charge < -0.3 is 0 Å². The molecule has 0 aliphatic carbocycles. The zero-order valence-electron chi connectivity index (χ0n) is 14.7. The lowest BCUT2D eigenvalue weighted by atomic mass is 10.1. The van der Waals surface area contributed by atoms with Crippen LogP contribution in [0.2, 0.25) is 0 Å². The lowest BCUT2D eigenvalue weighted by Gasteiger charge is -2.05. The van der Waals surface area contributed by atoms with Crippen LogP contribution in [0.3, 0.4) is 0 Å². The van der Waals surface area contributed by atoms with Gasteiger partial charge >= 0.3 is 0 Å². The Morgan fingerprint density at radius 3 is 2.52 bits per heavy atom. The minimum Gasteiger partial charge on any atom is -0.296 e. The van der Waals surface area contributed by atoms with E-state index < -0.39 is 4.92 Å². The van der Waals surface area contributed by atoms with Crippen molar-refractivity contribution in [2.24, 2.45) is 0 Å². The van der Waals surface area contributed by atoms with E-state index in [9.17, 15) is 14.9 Å². The number of carbonyl (C=O) groups is 1. The smallest absolute Gasteiger partial charge is 0.270 e. The van der Waals surface area contributed by atoms with E-state index in [2.05, 4.69) is 4.98 Å². The fourth-order valence-electron chi connectivity index (χ4n) is 3.17. The molecule has 4 aromatic rings. The molecule has 7 heteroatoms. The number of hydrogen-bond donors (Lipinski definition) is 0. The Hall–Kier alpha value is -3.32. The van der Waals surface area contributed by atoms with E-state index in [0.717, 1.165) is 28.0 Å². The van der Waals surface area contributed by atoms with E-state index in [-0.39, 0.29) is 5.69 Å². The predicted molar refractivity (Wildman–Crippen MR) is 105 cm³/mol. The number of aldehydes is 1. The van der Waals surface area contributed by atoms with E-state index in [1.54, 1.807) is 12.1 Å². The van der Waals surface area contributed by atoms with Gasteiger partial charge in [-0.1, -0.05) is 42.0 Å². The van der Waals surface area contributed by atoms with E-state index in [1.165, 1.54) is 23.5 Å². The monoisotopic (exact) mass is 377 g/mol. The molecule has 4 rings (SSSR count). The largest absolute Gasteiger partial charge is 0.296 e. The molecule has 2 aromatic carbocycles. The summed E-state index contributed by atoms with van der Waals surface area (Å²) < 4.78 is 1.84. The summed E-state index contributed by atoms with van der Waals surface area (Å²) in [6.45, 7) is 4.02. The summed E-state index contributed by atoms with van der Waals surface area (Å²) in [4.78, 5) is 28.9. The number of thiazole rings is 1. The number of nitrogens with zero attached hydrogens (tertiary/aromatic N) is 3. The highest BCUT2D eigenvalue weighted by molar-refractivity contribution is 7.17. The minimum atomic E-state index is -0.454. The van der Waals surface area contributed by atoms with Crippen LogP contribution in [-0.2, 0) is 0 Å². The molecular formula is C20H15N3O3S. The highest BCUT2D eigenvalue weighted by Gasteiger charge is 2.21. The van der Waals surface area contributed by atoms with Crippen LogP contribution in [0.5, 0.6) is 0 Å². The number of rotatable bonds is 4. The van der Waals surface area contributed by atoms with Crippen LogP contribution in [0.15, 0.2) is 48.5 Å². The Morgan fingerprint density at radius 1 is 1.11 bits per heavy atom. The molecule has 0 aliphatic rings. The number of aromatic nitrogens is 2. The van der Waals surface area contributed by atoms with Crippen molar-refractivity contribution in [3.63, 3.8) is 0 Å². The molecule has 134 valence electrons. The van der Waals surface area contributed by atoms with Crippen LogP contribution in [0, 0.1) is 24.0 Å². The third kappa shape index (κ3) is 2.82. The number of non-ortho nitro benzene ring substituents is 1. The molecule has 0 N–H and O–H groups in total. The summed E-state index contributed by atoms with van der Waals surface area (Å²) in [5.41, 5.74) is 4.43. The molecule has 27 heavy (non-hydrogen) atoms. The Kier molecular flexibility index (Phi) is 4.08. The van der Waals surface area contributed by atoms with E-state index in [1.807, 2.05) is 42.5 Å². The lowest BCUT2D eigenvalue weighted by molar-refractivity contribution is -0.384. The molecule has 2 heterocycles. The van der Waals surface area contributed by atoms with Crippen molar-refractivity contribution in [1.82, 2.24) is 9.38 Å². The molecular weight excluding hydrogens is 362 g/mol. The average Bonchev–Trinajstić information content (AvgIpc) is 3.17. The number of fused-ring (bicyclic) bond motifs is 1. The van der Waals surface area contributed by atoms with Crippen molar-refractivity contribution >= 4 is 28.3 Å². The highest BCUT2D eigenvalue weighted by Crippen LogP contribution is 2.36. The van der Waals surface area contributed by atoms with Gasteiger partial charge in [-0.25, -0.2) is 4.98 Å². The second-order valence-electron chi connectivity index (χ2n) is 6.26. The maximum atomic E-state index is 12.0. The second kappa shape index (κ2) is 6.44. The predicted octanol–water partition coefficient (Wildman–Crippen LogP) is 5.07. The molecule has 0 fully saturated rings. The summed E-state index contributed by atoms with van der Waals surface area (Å²) >= 11 is 1.49. The number of nitro benzene ring substituents is 1. The molecule has 0 atom stereocenters. The molecule has 0 radical (unpaired) electrons. The molecule has 0 saturated carbocycles. The van der Waals surface area contributed by atoms with Crippen LogP contribution in [-0.4, -0.2) is 20.6 Å². The quantitative estimate of drug-likeness (QED) is 0.283. The van der Waals surface area contributed by atoms with Crippen molar-refractivity contribution in [2.75, 3.05) is 0 Å².